The van der Waals surface area contributed by atoms with Crippen LogP contribution in [0.3, 0.4) is 0 Å². The molecule has 0 rings (SSSR count). The second kappa shape index (κ2) is 1.58. The molecule has 1 atom stereocenters. The van der Waals surface area contributed by atoms with E-state index in [0.717, 1.165) is 0 Å². The van der Waals surface area contributed by atoms with E-state index in [0.29, 0.717) is 0 Å². The zero-order valence-electron chi connectivity index (χ0n) is 11.1. The molecule has 0 amide bonds. The molecule has 6 heavy (non-hydrogen) atoms. The highest BCUT2D eigenvalue weighted by Gasteiger charge is 2.05. The lowest BCUT2D eigenvalue weighted by Gasteiger charge is -2.12. The molecule has 0 saturated carbocycles. The van der Waals surface area contributed by atoms with E-state index in [1.165, 1.54) is 0 Å². The Morgan fingerprint density at radius 3 is 3.50 bits per heavy atom. The van der Waals surface area contributed by atoms with Gasteiger partial charge in [0.2, 0.25) is 1.43 Å². The van der Waals surface area contributed by atoms with Crippen molar-refractivity contribution in [3.8, 4) is 0 Å². The van der Waals surface area contributed by atoms with E-state index in [9.17, 15) is 0 Å². The fourth-order valence-corrected chi connectivity index (χ4v) is 0. The Labute approximate surface area is 49.3 Å². The van der Waals surface area contributed by atoms with Crippen LogP contribution in [0.1, 0.15) is 23.3 Å². The van der Waals surface area contributed by atoms with E-state index in [2.05, 4.69) is 5.11 Å². The van der Waals surface area contributed by atoms with Gasteiger partial charge in [0, 0.05) is 12.4 Å². The molecular weight excluding hydrogens is 78.0 g/mol. The van der Waals surface area contributed by atoms with Gasteiger partial charge in [-0.25, -0.2) is 0 Å². The average molecular weight is 97.2 g/mol. The molecule has 0 aliphatic carbocycles. The highest BCUT2D eigenvalue weighted by atomic mass is 16.3. The molecule has 0 aromatic heterocycles. The summed E-state index contributed by atoms with van der Waals surface area (Å²) in [5.41, 5.74) is 2.29. The lowest BCUT2D eigenvalue weighted by Crippen LogP contribution is -2.35. The molecule has 38 valence electrons. The minimum atomic E-state index is -3.11. The first-order chi connectivity index (χ1) is 6.00. The minimum absolute atomic E-state index is 2.18. The predicted octanol–water partition coefficient (Wildman–Crippen LogP) is -0.284. The van der Waals surface area contributed by atoms with Gasteiger partial charge in [-0.05, 0) is 13.7 Å². The third-order valence-electron chi connectivity index (χ3n) is 0.169. The number of hydrogen-bond donors (Lipinski definition) is 2. The van der Waals surface area contributed by atoms with E-state index >= 15 is 0 Å². The molecule has 1 unspecified atom stereocenters. The SMILES string of the molecule is [2H]OC([2H])([2H])C(N)(C([2H])[2H])C([2H])([2H])[2H]. The van der Waals surface area contributed by atoms with Gasteiger partial charge >= 0.3 is 0 Å². The van der Waals surface area contributed by atoms with Crippen LogP contribution in [0.15, 0.2) is 0 Å². The third kappa shape index (κ3) is 3.92. The van der Waals surface area contributed by atoms with Crippen LogP contribution in [0.25, 0.3) is 0 Å². The van der Waals surface area contributed by atoms with Gasteiger partial charge in [-0.1, -0.05) is 0 Å². The van der Waals surface area contributed by atoms with Crippen molar-refractivity contribution in [1.29, 1.82) is 1.43 Å². The lowest BCUT2D eigenvalue weighted by molar-refractivity contribution is 0.221. The standard InChI is InChI=1S/C4H11NO/c1-4(2,5)3-6/h6H,3,5H2,1-2H3/i1D2,2D3,3D2,6D. The van der Waals surface area contributed by atoms with Crippen molar-refractivity contribution < 1.29 is 14.7 Å². The summed E-state index contributed by atoms with van der Waals surface area (Å²) >= 11 is 0. The van der Waals surface area contributed by atoms with Crippen molar-refractivity contribution in [2.45, 2.75) is 19.3 Å². The Balaban J connectivity index is 5.33. The lowest BCUT2D eigenvalue weighted by atomic mass is 10.1. The fraction of sp³-hybridized carbons (Fsp3) is 1.00. The fourth-order valence-electron chi connectivity index (χ4n) is 0. The summed E-state index contributed by atoms with van der Waals surface area (Å²) in [4.78, 5) is 0. The summed E-state index contributed by atoms with van der Waals surface area (Å²) in [6, 6.07) is 0. The third-order valence-corrected chi connectivity index (χ3v) is 0.169. The number of nitrogens with two attached hydrogens (primary N) is 1. The van der Waals surface area contributed by atoms with Gasteiger partial charge in [-0.15, -0.1) is 0 Å². The molecule has 3 N–H and O–H groups in total. The van der Waals surface area contributed by atoms with Crippen molar-refractivity contribution in [2.24, 2.45) is 5.73 Å². The van der Waals surface area contributed by atoms with Crippen molar-refractivity contribution in [2.75, 3.05) is 6.56 Å². The molecule has 0 aliphatic rings. The molecule has 0 aromatic carbocycles. The van der Waals surface area contributed by atoms with Gasteiger partial charge in [-0.2, -0.15) is 0 Å². The van der Waals surface area contributed by atoms with Crippen LogP contribution in [0, 0.1) is 0 Å². The highest BCUT2D eigenvalue weighted by molar-refractivity contribution is 4.67. The molecule has 2 heteroatoms. The molecule has 2 nitrogen and oxygen atoms in total. The van der Waals surface area contributed by atoms with Crippen molar-refractivity contribution in [1.82, 2.24) is 0 Å². The van der Waals surface area contributed by atoms with E-state index in [1.54, 1.807) is 0 Å². The average Bonchev–Trinajstić information content (AvgIpc) is 2.00. The maximum absolute atomic E-state index is 7.05. The van der Waals surface area contributed by atoms with Crippen molar-refractivity contribution >= 4 is 0 Å². The smallest absolute Gasteiger partial charge is 0.210 e. The second-order valence-electron chi connectivity index (χ2n) is 0.971. The van der Waals surface area contributed by atoms with Gasteiger partial charge in [0.25, 0.3) is 0 Å². The Hall–Kier alpha value is -0.0800. The summed E-state index contributed by atoms with van der Waals surface area (Å²) in [7, 11) is 0. The van der Waals surface area contributed by atoms with E-state index in [-0.39, 0.29) is 0 Å². The van der Waals surface area contributed by atoms with Crippen LogP contribution < -0.4 is 5.73 Å². The molecule has 0 bridgehead atoms. The van der Waals surface area contributed by atoms with Gasteiger partial charge in [0.05, 0.1) is 9.30 Å². The molecule has 0 saturated heterocycles. The van der Waals surface area contributed by atoms with Crippen LogP contribution in [-0.2, 0) is 0 Å². The first-order valence-corrected chi connectivity index (χ1v) is 1.28. The van der Waals surface area contributed by atoms with Crippen molar-refractivity contribution in [3.63, 3.8) is 0 Å². The Morgan fingerprint density at radius 2 is 3.33 bits per heavy atom. The van der Waals surface area contributed by atoms with E-state index in [1.807, 2.05) is 0 Å². The molecule has 0 heterocycles. The van der Waals surface area contributed by atoms with Crippen molar-refractivity contribution in [3.05, 3.63) is 0 Å². The summed E-state index contributed by atoms with van der Waals surface area (Å²) < 4.78 is 55.1. The van der Waals surface area contributed by atoms with Crippen LogP contribution in [0.5, 0.6) is 0 Å². The zero-order chi connectivity index (χ0) is 11.8. The Kier molecular flexibility index (Phi) is 0.226. The first kappa shape index (κ1) is 0.858. The summed E-state index contributed by atoms with van der Waals surface area (Å²) in [5, 5.41) is 3.55. The minimum Gasteiger partial charge on any atom is -0.394 e. The van der Waals surface area contributed by atoms with Crippen LogP contribution >= 0.6 is 0 Å². The van der Waals surface area contributed by atoms with Gasteiger partial charge in [-0.3, -0.25) is 0 Å². The Bertz CT molecular complexity index is 202. The van der Waals surface area contributed by atoms with Crippen LogP contribution in [0.2, 0.25) is 0 Å². The van der Waals surface area contributed by atoms with E-state index < -0.39 is 25.8 Å². The topological polar surface area (TPSA) is 46.2 Å². The molecular formula is C4H11NO. The van der Waals surface area contributed by atoms with Gasteiger partial charge in [0.1, 0.15) is 0 Å². The molecule has 0 aromatic rings. The maximum atomic E-state index is 7.05. The largest absolute Gasteiger partial charge is 0.394 e. The highest BCUT2D eigenvalue weighted by Crippen LogP contribution is 1.89. The zero-order valence-corrected chi connectivity index (χ0v) is 3.06. The summed E-state index contributed by atoms with van der Waals surface area (Å²) in [5.74, 6) is 0. The van der Waals surface area contributed by atoms with Gasteiger partial charge < -0.3 is 10.8 Å². The van der Waals surface area contributed by atoms with E-state index in [4.69, 9.17) is 16.8 Å². The molecule has 0 radical (unpaired) electrons. The quantitative estimate of drug-likeness (QED) is 0.497. The summed E-state index contributed by atoms with van der Waals surface area (Å²) in [6.45, 7) is -8.38. The monoisotopic (exact) mass is 97.1 g/mol. The van der Waals surface area contributed by atoms with Crippen LogP contribution in [-0.4, -0.2) is 18.6 Å². The Morgan fingerprint density at radius 1 is 2.50 bits per heavy atom. The molecule has 0 spiro atoms. The number of rotatable bonds is 2. The maximum Gasteiger partial charge on any atom is 0.210 e. The normalized spacial score (nSPS) is 44.3. The molecule has 0 fully saturated rings. The number of aliphatic hydroxyl groups is 1. The predicted molar refractivity (Wildman–Crippen MR) is 25.4 cm³/mol. The first-order valence-electron chi connectivity index (χ1n) is 5.34. The second-order valence-corrected chi connectivity index (χ2v) is 0.971. The number of hydrogen-bond acceptors (Lipinski definition) is 2. The summed E-state index contributed by atoms with van der Waals surface area (Å²) in [6.07, 6.45) is 0. The van der Waals surface area contributed by atoms with Crippen LogP contribution in [0.4, 0.5) is 0 Å². The van der Waals surface area contributed by atoms with Gasteiger partial charge in [0.15, 0.2) is 0 Å². The molecule has 0 aliphatic heterocycles.